The van der Waals surface area contributed by atoms with Crippen LogP contribution in [0.4, 0.5) is 15.7 Å². The number of amides is 1. The number of carboxylic acid groups (broad SMARTS) is 1. The second-order valence-electron chi connectivity index (χ2n) is 9.32. The molecule has 1 amide bonds. The average Bonchev–Trinajstić information content (AvgIpc) is 3.79. The number of carboxylic acids is 1. The molecule has 0 unspecified atom stereocenters. The predicted molar refractivity (Wildman–Crippen MR) is 167 cm³/mol. The number of nitrogens with two attached hydrogens (primary N) is 1. The molecule has 4 heterocycles. The fourth-order valence-electron chi connectivity index (χ4n) is 3.95. The minimum absolute atomic E-state index is 0.0905. The molecule has 5 aromatic rings. The van der Waals surface area contributed by atoms with Gasteiger partial charge in [0.2, 0.25) is 11.8 Å². The van der Waals surface area contributed by atoms with Gasteiger partial charge in [-0.2, -0.15) is 15.2 Å². The molecule has 0 atom stereocenters. The number of ether oxygens (including phenoxy) is 2. The van der Waals surface area contributed by atoms with E-state index >= 15 is 0 Å². The van der Waals surface area contributed by atoms with Crippen molar-refractivity contribution in [3.05, 3.63) is 76.4 Å². The highest BCUT2D eigenvalue weighted by atomic mass is 32.1. The number of carbonyl (C=O) groups is 2. The quantitative estimate of drug-likeness (QED) is 0.111. The minimum Gasteiger partial charge on any atom is -0.477 e. The second kappa shape index (κ2) is 13.7. The van der Waals surface area contributed by atoms with Gasteiger partial charge < -0.3 is 35.5 Å². The molecule has 15 heteroatoms. The number of nitrogens with zero attached hydrogens (tertiary/aromatic N) is 5. The first-order valence-electron chi connectivity index (χ1n) is 13.1. The molecule has 224 valence electrons. The van der Waals surface area contributed by atoms with E-state index in [1.165, 1.54) is 23.7 Å². The van der Waals surface area contributed by atoms with Gasteiger partial charge in [-0.1, -0.05) is 24.3 Å². The van der Waals surface area contributed by atoms with Gasteiger partial charge in [0.1, 0.15) is 24.9 Å². The maximum atomic E-state index is 12.2. The van der Waals surface area contributed by atoms with Crippen molar-refractivity contribution in [1.82, 2.24) is 25.3 Å². The molecule has 0 bridgehead atoms. The van der Waals surface area contributed by atoms with Crippen LogP contribution < -0.4 is 20.7 Å². The fraction of sp³-hybridized carbons (Fsp3) is 0.172. The van der Waals surface area contributed by atoms with Crippen LogP contribution in [0.3, 0.4) is 0 Å². The zero-order chi connectivity index (χ0) is 31.1. The summed E-state index contributed by atoms with van der Waals surface area (Å²) in [5, 5.41) is 21.8. The largest absolute Gasteiger partial charge is 0.477 e. The van der Waals surface area contributed by atoms with E-state index in [2.05, 4.69) is 25.3 Å². The van der Waals surface area contributed by atoms with Crippen molar-refractivity contribution in [2.45, 2.75) is 13.2 Å². The van der Waals surface area contributed by atoms with E-state index in [1.54, 1.807) is 23.5 Å². The molecule has 0 radical (unpaired) electrons. The van der Waals surface area contributed by atoms with Crippen LogP contribution in [-0.2, 0) is 22.7 Å². The van der Waals surface area contributed by atoms with Gasteiger partial charge in [0.15, 0.2) is 11.2 Å². The Balaban J connectivity index is 1.04. The smallest absolute Gasteiger partial charge is 0.407 e. The number of fused-ring (bicyclic) bond motifs is 1. The number of nitrogens with one attached hydrogen (secondary N) is 2. The molecule has 1 aromatic carbocycles. The van der Waals surface area contributed by atoms with Crippen molar-refractivity contribution < 1.29 is 24.2 Å². The average molecular weight is 631 g/mol. The van der Waals surface area contributed by atoms with Gasteiger partial charge in [0.05, 0.1) is 17.9 Å². The number of nitrogen functional groups attached to an aromatic ring is 1. The molecule has 44 heavy (non-hydrogen) atoms. The molecule has 0 fully saturated rings. The Morgan fingerprint density at radius 2 is 1.86 bits per heavy atom. The maximum absolute atomic E-state index is 12.2. The number of alkyl carbamates (subject to hydrolysis) is 1. The first-order chi connectivity index (χ1) is 21.3. The lowest BCUT2D eigenvalue weighted by Crippen LogP contribution is -2.28. The predicted octanol–water partition coefficient (Wildman–Crippen LogP) is 4.66. The molecule has 13 nitrogen and oxygen atoms in total. The van der Waals surface area contributed by atoms with Gasteiger partial charge in [-0.15, -0.1) is 22.7 Å². The van der Waals surface area contributed by atoms with Crippen molar-refractivity contribution in [3.8, 4) is 21.7 Å². The molecule has 5 rings (SSSR count). The van der Waals surface area contributed by atoms with E-state index in [-0.39, 0.29) is 24.7 Å². The SMILES string of the molecule is CN(CCOC(=O)NCc1ccc(COc2nc(N)nc3[nH]cnc23)cc1)c1ccc(-c2ccc(/C=C(\C#N)C(=O)O)s2)s1. The Morgan fingerprint density at radius 3 is 2.64 bits per heavy atom. The molecular weight excluding hydrogens is 605 g/mol. The summed E-state index contributed by atoms with van der Waals surface area (Å²) >= 11 is 2.97. The molecule has 0 aliphatic heterocycles. The summed E-state index contributed by atoms with van der Waals surface area (Å²) in [6, 6.07) is 16.9. The molecule has 5 N–H and O–H groups in total. The molecular formula is C29H26N8O5S2. The Kier molecular flexibility index (Phi) is 9.33. The molecule has 0 saturated heterocycles. The molecule has 0 aliphatic carbocycles. The molecule has 4 aromatic heterocycles. The van der Waals surface area contributed by atoms with Crippen LogP contribution in [0.1, 0.15) is 16.0 Å². The number of aromatic amines is 1. The number of hydrogen-bond acceptors (Lipinski definition) is 12. The third-order valence-corrected chi connectivity index (χ3v) is 8.66. The number of nitriles is 1. The van der Waals surface area contributed by atoms with Gasteiger partial charge in [-0.05, 0) is 41.5 Å². The summed E-state index contributed by atoms with van der Waals surface area (Å²) in [6.45, 7) is 1.26. The number of benzene rings is 1. The number of rotatable bonds is 12. The maximum Gasteiger partial charge on any atom is 0.407 e. The van der Waals surface area contributed by atoms with Gasteiger partial charge in [0.25, 0.3) is 0 Å². The van der Waals surface area contributed by atoms with Crippen molar-refractivity contribution in [3.63, 3.8) is 0 Å². The van der Waals surface area contributed by atoms with E-state index in [4.69, 9.17) is 25.6 Å². The number of thiophene rings is 2. The number of aromatic nitrogens is 4. The number of anilines is 2. The number of carbonyl (C=O) groups excluding carboxylic acids is 1. The summed E-state index contributed by atoms with van der Waals surface area (Å²) < 4.78 is 11.1. The third-order valence-electron chi connectivity index (χ3n) is 6.23. The second-order valence-corrected chi connectivity index (χ2v) is 11.5. The van der Waals surface area contributed by atoms with Crippen LogP contribution in [0, 0.1) is 11.3 Å². The first-order valence-corrected chi connectivity index (χ1v) is 14.8. The highest BCUT2D eigenvalue weighted by molar-refractivity contribution is 7.24. The topological polar surface area (TPSA) is 192 Å². The lowest BCUT2D eigenvalue weighted by atomic mass is 10.1. The van der Waals surface area contributed by atoms with Crippen molar-refractivity contribution >= 4 is 62.9 Å². The van der Waals surface area contributed by atoms with Gasteiger partial charge >= 0.3 is 12.1 Å². The fourth-order valence-corrected chi connectivity index (χ4v) is 5.99. The zero-order valence-corrected chi connectivity index (χ0v) is 24.9. The number of imidazole rings is 1. The van der Waals surface area contributed by atoms with E-state index in [0.717, 1.165) is 25.9 Å². The Morgan fingerprint density at radius 1 is 1.11 bits per heavy atom. The normalized spacial score (nSPS) is 11.2. The van der Waals surface area contributed by atoms with E-state index in [0.29, 0.717) is 35.0 Å². The van der Waals surface area contributed by atoms with Crippen LogP contribution in [0.25, 0.3) is 27.0 Å². The van der Waals surface area contributed by atoms with Crippen LogP contribution in [0.5, 0.6) is 5.88 Å². The summed E-state index contributed by atoms with van der Waals surface area (Å²) in [4.78, 5) is 43.2. The Labute approximate surface area is 259 Å². The van der Waals surface area contributed by atoms with Crippen molar-refractivity contribution in [2.75, 3.05) is 30.8 Å². The van der Waals surface area contributed by atoms with E-state index in [1.807, 2.05) is 54.4 Å². The van der Waals surface area contributed by atoms with Gasteiger partial charge in [0, 0.05) is 28.2 Å². The summed E-state index contributed by atoms with van der Waals surface area (Å²) in [5.41, 5.74) is 8.22. The van der Waals surface area contributed by atoms with Crippen LogP contribution >= 0.6 is 22.7 Å². The Bertz CT molecular complexity index is 1860. The van der Waals surface area contributed by atoms with Crippen molar-refractivity contribution in [1.29, 1.82) is 5.26 Å². The van der Waals surface area contributed by atoms with Gasteiger partial charge in [-0.3, -0.25) is 0 Å². The van der Waals surface area contributed by atoms with Crippen LogP contribution in [0.15, 0.2) is 60.4 Å². The highest BCUT2D eigenvalue weighted by Gasteiger charge is 2.13. The summed E-state index contributed by atoms with van der Waals surface area (Å²) in [5.74, 6) is -0.863. The Hall–Kier alpha value is -5.46. The minimum atomic E-state index is -1.25. The standard InChI is InChI=1S/C29H26N8O5S2/c1-37(23-9-8-22(44-23)21-7-6-20(43-21)12-19(13-30)27(38)39)10-11-41-29(40)32-14-17-2-4-18(5-3-17)15-42-26-24-25(34-16-33-24)35-28(31)36-26/h2-9,12,16H,10-11,14-15H2,1H3,(H,32,40)(H,38,39)(H3,31,33,34,35,36)/b19-12+. The van der Waals surface area contributed by atoms with E-state index in [9.17, 15) is 9.59 Å². The van der Waals surface area contributed by atoms with Crippen LogP contribution in [-0.4, -0.2) is 57.3 Å². The summed E-state index contributed by atoms with van der Waals surface area (Å²) in [6.07, 6.45) is 2.35. The lowest BCUT2D eigenvalue weighted by Gasteiger charge is -2.17. The lowest BCUT2D eigenvalue weighted by molar-refractivity contribution is -0.132. The number of likely N-dealkylation sites (N-methyl/N-ethyl adjacent to an activating group) is 1. The number of H-pyrrole nitrogens is 1. The molecule has 0 saturated carbocycles. The number of hydrogen-bond donors (Lipinski definition) is 4. The molecule has 0 aliphatic rings. The van der Waals surface area contributed by atoms with Gasteiger partial charge in [-0.25, -0.2) is 14.6 Å². The zero-order valence-electron chi connectivity index (χ0n) is 23.3. The molecule has 0 spiro atoms. The monoisotopic (exact) mass is 630 g/mol. The van der Waals surface area contributed by atoms with E-state index < -0.39 is 12.1 Å². The van der Waals surface area contributed by atoms with Crippen LogP contribution in [0.2, 0.25) is 0 Å². The number of aliphatic carboxylic acids is 1. The van der Waals surface area contributed by atoms with Crippen molar-refractivity contribution in [2.24, 2.45) is 0 Å². The highest BCUT2D eigenvalue weighted by Crippen LogP contribution is 2.37. The summed E-state index contributed by atoms with van der Waals surface area (Å²) in [7, 11) is 1.91. The third kappa shape index (κ3) is 7.48. The first kappa shape index (κ1) is 30.0.